The smallest absolute Gasteiger partial charge is 0.222 e. The second kappa shape index (κ2) is 7.05. The number of piperidine rings is 1. The van der Waals surface area contributed by atoms with E-state index >= 15 is 0 Å². The van der Waals surface area contributed by atoms with Gasteiger partial charge in [0.25, 0.3) is 0 Å². The minimum Gasteiger partial charge on any atom is -0.367 e. The van der Waals surface area contributed by atoms with Gasteiger partial charge in [-0.3, -0.25) is 9.89 Å². The van der Waals surface area contributed by atoms with Crippen LogP contribution in [0.1, 0.15) is 25.7 Å². The SMILES string of the molecule is O=C1CCCN1CC1CCN(c2c(F)cc(-c3cn[nH]c3)cc2F)CC1. The van der Waals surface area contributed by atoms with Gasteiger partial charge in [0.05, 0.1) is 6.20 Å². The van der Waals surface area contributed by atoms with Crippen LogP contribution < -0.4 is 4.90 Å². The largest absolute Gasteiger partial charge is 0.367 e. The van der Waals surface area contributed by atoms with Crippen molar-refractivity contribution in [1.82, 2.24) is 15.1 Å². The number of anilines is 1. The Morgan fingerprint density at radius 3 is 2.42 bits per heavy atom. The summed E-state index contributed by atoms with van der Waals surface area (Å²) in [5.41, 5.74) is 1.18. The number of benzene rings is 1. The van der Waals surface area contributed by atoms with Gasteiger partial charge in [0.15, 0.2) is 0 Å². The number of rotatable bonds is 4. The number of halogens is 2. The molecule has 1 aromatic heterocycles. The summed E-state index contributed by atoms with van der Waals surface area (Å²) in [6.45, 7) is 2.83. The summed E-state index contributed by atoms with van der Waals surface area (Å²) in [5.74, 6) is -0.451. The van der Waals surface area contributed by atoms with Gasteiger partial charge in [0.2, 0.25) is 5.91 Å². The zero-order valence-electron chi connectivity index (χ0n) is 14.5. The third-order valence-corrected chi connectivity index (χ3v) is 5.43. The zero-order chi connectivity index (χ0) is 18.1. The van der Waals surface area contributed by atoms with E-state index < -0.39 is 11.6 Å². The second-order valence-electron chi connectivity index (χ2n) is 7.15. The number of aromatic nitrogens is 2. The Morgan fingerprint density at radius 2 is 1.85 bits per heavy atom. The molecule has 2 aliphatic rings. The van der Waals surface area contributed by atoms with Crippen molar-refractivity contribution in [1.29, 1.82) is 0 Å². The molecule has 5 nitrogen and oxygen atoms in total. The number of hydrogen-bond acceptors (Lipinski definition) is 3. The van der Waals surface area contributed by atoms with Crippen LogP contribution in [0.3, 0.4) is 0 Å². The van der Waals surface area contributed by atoms with Crippen molar-refractivity contribution in [2.24, 2.45) is 5.92 Å². The third kappa shape index (κ3) is 3.30. The van der Waals surface area contributed by atoms with Gasteiger partial charge in [-0.05, 0) is 42.9 Å². The normalized spacial score (nSPS) is 18.8. The number of carbonyl (C=O) groups is 1. The maximum Gasteiger partial charge on any atom is 0.222 e. The molecule has 1 aromatic carbocycles. The Morgan fingerprint density at radius 1 is 1.12 bits per heavy atom. The predicted molar refractivity (Wildman–Crippen MR) is 94.7 cm³/mol. The van der Waals surface area contributed by atoms with E-state index in [9.17, 15) is 13.6 Å². The van der Waals surface area contributed by atoms with Crippen molar-refractivity contribution < 1.29 is 13.6 Å². The topological polar surface area (TPSA) is 52.2 Å². The van der Waals surface area contributed by atoms with Crippen LogP contribution in [0.4, 0.5) is 14.5 Å². The van der Waals surface area contributed by atoms with Gasteiger partial charge >= 0.3 is 0 Å². The van der Waals surface area contributed by atoms with Gasteiger partial charge in [-0.1, -0.05) is 0 Å². The molecule has 1 N–H and O–H groups in total. The first kappa shape index (κ1) is 17.0. The summed E-state index contributed by atoms with van der Waals surface area (Å²) in [6, 6.07) is 2.72. The van der Waals surface area contributed by atoms with E-state index in [0.717, 1.165) is 32.4 Å². The Balaban J connectivity index is 1.43. The maximum absolute atomic E-state index is 14.6. The van der Waals surface area contributed by atoms with Crippen molar-refractivity contribution in [2.45, 2.75) is 25.7 Å². The first-order valence-corrected chi connectivity index (χ1v) is 9.13. The summed E-state index contributed by atoms with van der Waals surface area (Å²) in [4.78, 5) is 15.5. The van der Waals surface area contributed by atoms with Crippen molar-refractivity contribution in [3.05, 3.63) is 36.2 Å². The molecule has 1 amide bonds. The monoisotopic (exact) mass is 360 g/mol. The lowest BCUT2D eigenvalue weighted by Crippen LogP contribution is -2.39. The first-order chi connectivity index (χ1) is 12.6. The van der Waals surface area contributed by atoms with E-state index in [1.165, 1.54) is 12.1 Å². The molecule has 2 aliphatic heterocycles. The molecule has 2 saturated heterocycles. The predicted octanol–water partition coefficient (Wildman–Crippen LogP) is 3.19. The first-order valence-electron chi connectivity index (χ1n) is 9.13. The molecule has 0 spiro atoms. The average Bonchev–Trinajstić information content (AvgIpc) is 3.28. The molecule has 0 saturated carbocycles. The lowest BCUT2D eigenvalue weighted by molar-refractivity contribution is -0.128. The minimum absolute atomic E-state index is 0.0490. The number of hydrogen-bond donors (Lipinski definition) is 1. The molecule has 2 aromatic rings. The molecule has 3 heterocycles. The van der Waals surface area contributed by atoms with E-state index in [1.54, 1.807) is 17.3 Å². The molecule has 138 valence electrons. The lowest BCUT2D eigenvalue weighted by atomic mass is 9.95. The molecule has 0 radical (unpaired) electrons. The average molecular weight is 360 g/mol. The fourth-order valence-electron chi connectivity index (χ4n) is 3.99. The van der Waals surface area contributed by atoms with Crippen molar-refractivity contribution in [2.75, 3.05) is 31.1 Å². The highest BCUT2D eigenvalue weighted by Crippen LogP contribution is 2.32. The molecule has 26 heavy (non-hydrogen) atoms. The van der Waals surface area contributed by atoms with Crippen LogP contribution >= 0.6 is 0 Å². The summed E-state index contributed by atoms with van der Waals surface area (Å²) in [5, 5.41) is 6.47. The van der Waals surface area contributed by atoms with Crippen LogP contribution in [0.5, 0.6) is 0 Å². The number of H-pyrrole nitrogens is 1. The summed E-state index contributed by atoms with van der Waals surface area (Å²) in [6.07, 6.45) is 6.42. The fraction of sp³-hybridized carbons (Fsp3) is 0.474. The third-order valence-electron chi connectivity index (χ3n) is 5.43. The van der Waals surface area contributed by atoms with Crippen molar-refractivity contribution in [3.63, 3.8) is 0 Å². The summed E-state index contributed by atoms with van der Waals surface area (Å²) < 4.78 is 29.2. The fourth-order valence-corrected chi connectivity index (χ4v) is 3.99. The van der Waals surface area contributed by atoms with Crippen LogP contribution in [0, 0.1) is 17.6 Å². The van der Waals surface area contributed by atoms with Gasteiger partial charge in [0.1, 0.15) is 17.3 Å². The highest BCUT2D eigenvalue weighted by Gasteiger charge is 2.28. The Hall–Kier alpha value is -2.44. The molecular formula is C19H22F2N4O. The van der Waals surface area contributed by atoms with Crippen LogP contribution in [0.2, 0.25) is 0 Å². The highest BCUT2D eigenvalue weighted by molar-refractivity contribution is 5.78. The quantitative estimate of drug-likeness (QED) is 0.911. The maximum atomic E-state index is 14.6. The molecule has 0 aliphatic carbocycles. The highest BCUT2D eigenvalue weighted by atomic mass is 19.1. The lowest BCUT2D eigenvalue weighted by Gasteiger charge is -2.35. The summed E-state index contributed by atoms with van der Waals surface area (Å²) in [7, 11) is 0. The van der Waals surface area contributed by atoms with E-state index in [-0.39, 0.29) is 11.6 Å². The molecule has 0 unspecified atom stereocenters. The van der Waals surface area contributed by atoms with E-state index in [2.05, 4.69) is 10.2 Å². The van der Waals surface area contributed by atoms with E-state index in [0.29, 0.717) is 36.6 Å². The van der Waals surface area contributed by atoms with Gasteiger partial charge in [-0.15, -0.1) is 0 Å². The molecule has 2 fully saturated rings. The number of nitrogens with zero attached hydrogens (tertiary/aromatic N) is 3. The van der Waals surface area contributed by atoms with E-state index in [1.807, 2.05) is 4.90 Å². The summed E-state index contributed by atoms with van der Waals surface area (Å²) >= 11 is 0. The number of likely N-dealkylation sites (tertiary alicyclic amines) is 1. The zero-order valence-corrected chi connectivity index (χ0v) is 14.5. The number of aromatic amines is 1. The number of carbonyl (C=O) groups excluding carboxylic acids is 1. The molecule has 7 heteroatoms. The van der Waals surface area contributed by atoms with Gasteiger partial charge in [-0.25, -0.2) is 8.78 Å². The van der Waals surface area contributed by atoms with E-state index in [4.69, 9.17) is 0 Å². The molecule has 4 rings (SSSR count). The van der Waals surface area contributed by atoms with Gasteiger partial charge in [-0.2, -0.15) is 5.10 Å². The van der Waals surface area contributed by atoms with Crippen LogP contribution in [-0.2, 0) is 4.79 Å². The Bertz CT molecular complexity index is 762. The van der Waals surface area contributed by atoms with Crippen molar-refractivity contribution >= 4 is 11.6 Å². The van der Waals surface area contributed by atoms with Crippen LogP contribution in [0.25, 0.3) is 11.1 Å². The van der Waals surface area contributed by atoms with Crippen LogP contribution in [-0.4, -0.2) is 47.2 Å². The Kier molecular flexibility index (Phi) is 4.61. The Labute approximate surface area is 151 Å². The van der Waals surface area contributed by atoms with Crippen molar-refractivity contribution in [3.8, 4) is 11.1 Å². The van der Waals surface area contributed by atoms with Gasteiger partial charge < -0.3 is 9.80 Å². The standard InChI is InChI=1S/C19H22F2N4O/c20-16-8-14(15-10-22-23-11-15)9-17(21)19(16)24-6-3-13(4-7-24)12-25-5-1-2-18(25)26/h8-11,13H,1-7,12H2,(H,22,23). The molecule has 0 atom stereocenters. The minimum atomic E-state index is -0.547. The number of nitrogens with one attached hydrogen (secondary N) is 1. The molecule has 0 bridgehead atoms. The van der Waals surface area contributed by atoms with Crippen LogP contribution in [0.15, 0.2) is 24.5 Å². The van der Waals surface area contributed by atoms with Gasteiger partial charge in [0, 0.05) is 44.4 Å². The number of amides is 1. The molecular weight excluding hydrogens is 338 g/mol. The second-order valence-corrected chi connectivity index (χ2v) is 7.15.